The molecule has 1 atom stereocenters. The zero-order valence-electron chi connectivity index (χ0n) is 15.0. The normalized spacial score (nSPS) is 12.1. The first-order valence-corrected chi connectivity index (χ1v) is 9.70. The van der Waals surface area contributed by atoms with Gasteiger partial charge in [0.2, 0.25) is 10.0 Å². The number of hydrogen-bond donors (Lipinski definition) is 2. The van der Waals surface area contributed by atoms with Crippen LogP contribution in [0, 0.1) is 5.82 Å². The van der Waals surface area contributed by atoms with Gasteiger partial charge in [-0.15, -0.1) is 6.58 Å². The minimum absolute atomic E-state index is 0.0306. The number of rotatable bonds is 8. The molecule has 0 radical (unpaired) electrons. The lowest BCUT2D eigenvalue weighted by molar-refractivity contribution is -0.123. The van der Waals surface area contributed by atoms with Crippen LogP contribution in [0.3, 0.4) is 0 Å². The molecule has 0 fully saturated rings. The summed E-state index contributed by atoms with van der Waals surface area (Å²) in [6.45, 7) is 4.84. The van der Waals surface area contributed by atoms with Gasteiger partial charge in [-0.05, 0) is 43.3 Å². The predicted octanol–water partition coefficient (Wildman–Crippen LogP) is 2.47. The number of ether oxygens (including phenoxy) is 1. The van der Waals surface area contributed by atoms with E-state index in [1.807, 2.05) is 0 Å². The highest BCUT2D eigenvalue weighted by molar-refractivity contribution is 7.89. The number of anilines is 1. The quantitative estimate of drug-likeness (QED) is 0.518. The van der Waals surface area contributed by atoms with Gasteiger partial charge in [-0.25, -0.2) is 22.3 Å². The Morgan fingerprint density at radius 1 is 1.18 bits per heavy atom. The van der Waals surface area contributed by atoms with Crippen molar-refractivity contribution in [3.05, 3.63) is 72.6 Å². The maximum Gasteiger partial charge on any atom is 0.338 e. The molecular formula is C19H19FN2O5S. The van der Waals surface area contributed by atoms with E-state index < -0.39 is 33.8 Å². The van der Waals surface area contributed by atoms with Crippen molar-refractivity contribution in [2.24, 2.45) is 0 Å². The molecule has 28 heavy (non-hydrogen) atoms. The van der Waals surface area contributed by atoms with Crippen LogP contribution in [-0.4, -0.2) is 32.9 Å². The van der Waals surface area contributed by atoms with E-state index >= 15 is 0 Å². The average Bonchev–Trinajstić information content (AvgIpc) is 2.68. The van der Waals surface area contributed by atoms with Crippen LogP contribution < -0.4 is 10.0 Å². The Bertz CT molecular complexity index is 974. The highest BCUT2D eigenvalue weighted by atomic mass is 32.2. The molecule has 0 aliphatic carbocycles. The Morgan fingerprint density at radius 3 is 2.43 bits per heavy atom. The van der Waals surface area contributed by atoms with Crippen LogP contribution in [0.25, 0.3) is 0 Å². The van der Waals surface area contributed by atoms with Crippen molar-refractivity contribution < 1.29 is 27.1 Å². The Labute approximate surface area is 162 Å². The van der Waals surface area contributed by atoms with Crippen molar-refractivity contribution in [2.75, 3.05) is 11.9 Å². The van der Waals surface area contributed by atoms with Crippen molar-refractivity contribution in [1.29, 1.82) is 0 Å². The van der Waals surface area contributed by atoms with Crippen LogP contribution in [-0.2, 0) is 19.6 Å². The first-order chi connectivity index (χ1) is 13.2. The number of hydrogen-bond acceptors (Lipinski definition) is 5. The summed E-state index contributed by atoms with van der Waals surface area (Å²) < 4.78 is 44.9. The van der Waals surface area contributed by atoms with Gasteiger partial charge in [-0.3, -0.25) is 4.79 Å². The third-order valence-corrected chi connectivity index (χ3v) is 5.04. The first-order valence-electron chi connectivity index (χ1n) is 8.21. The minimum atomic E-state index is -3.71. The second-order valence-corrected chi connectivity index (χ2v) is 7.45. The summed E-state index contributed by atoms with van der Waals surface area (Å²) in [5, 5.41) is 2.33. The summed E-state index contributed by atoms with van der Waals surface area (Å²) in [5.74, 6) is -2.14. The lowest BCUT2D eigenvalue weighted by atomic mass is 10.2. The topological polar surface area (TPSA) is 102 Å². The molecule has 2 aromatic carbocycles. The number of carbonyl (C=O) groups is 2. The summed E-state index contributed by atoms with van der Waals surface area (Å²) in [5.41, 5.74) is 0.0326. The zero-order chi connectivity index (χ0) is 20.7. The highest BCUT2D eigenvalue weighted by Gasteiger charge is 2.21. The van der Waals surface area contributed by atoms with Crippen LogP contribution >= 0.6 is 0 Å². The lowest BCUT2D eigenvalue weighted by Gasteiger charge is -2.14. The summed E-state index contributed by atoms with van der Waals surface area (Å²) >= 11 is 0. The Balaban J connectivity index is 2.01. The van der Waals surface area contributed by atoms with Crippen molar-refractivity contribution in [1.82, 2.24) is 4.72 Å². The molecule has 0 heterocycles. The number of esters is 1. The Hall–Kier alpha value is -3.04. The molecule has 0 spiro atoms. The predicted molar refractivity (Wildman–Crippen MR) is 102 cm³/mol. The van der Waals surface area contributed by atoms with Crippen molar-refractivity contribution >= 4 is 27.6 Å². The average molecular weight is 406 g/mol. The van der Waals surface area contributed by atoms with E-state index in [9.17, 15) is 22.4 Å². The molecule has 0 unspecified atom stereocenters. The largest absolute Gasteiger partial charge is 0.449 e. The summed E-state index contributed by atoms with van der Waals surface area (Å²) in [6.07, 6.45) is 0.210. The number of para-hydroxylation sites is 1. The van der Waals surface area contributed by atoms with Gasteiger partial charge in [0.1, 0.15) is 5.82 Å². The molecule has 2 N–H and O–H groups in total. The lowest BCUT2D eigenvalue weighted by Crippen LogP contribution is -2.30. The molecule has 0 saturated carbocycles. The molecule has 148 valence electrons. The Morgan fingerprint density at radius 2 is 1.82 bits per heavy atom. The molecule has 2 rings (SSSR count). The zero-order valence-corrected chi connectivity index (χ0v) is 15.8. The van der Waals surface area contributed by atoms with Crippen LogP contribution in [0.4, 0.5) is 10.1 Å². The molecule has 0 bridgehead atoms. The van der Waals surface area contributed by atoms with Gasteiger partial charge >= 0.3 is 5.97 Å². The molecule has 0 aromatic heterocycles. The number of amides is 1. The minimum Gasteiger partial charge on any atom is -0.449 e. The Kier molecular flexibility index (Phi) is 7.02. The number of benzene rings is 2. The van der Waals surface area contributed by atoms with Gasteiger partial charge in [-0.1, -0.05) is 18.2 Å². The van der Waals surface area contributed by atoms with Crippen molar-refractivity contribution in [3.8, 4) is 0 Å². The number of nitrogens with one attached hydrogen (secondary N) is 2. The van der Waals surface area contributed by atoms with E-state index in [4.69, 9.17) is 4.74 Å². The van der Waals surface area contributed by atoms with Crippen molar-refractivity contribution in [2.45, 2.75) is 17.9 Å². The number of halogens is 1. The molecular weight excluding hydrogens is 387 g/mol. The molecule has 9 heteroatoms. The van der Waals surface area contributed by atoms with Gasteiger partial charge in [0, 0.05) is 6.54 Å². The van der Waals surface area contributed by atoms with E-state index in [0.29, 0.717) is 0 Å². The number of carbonyl (C=O) groups excluding carboxylic acids is 2. The second-order valence-electron chi connectivity index (χ2n) is 5.68. The molecule has 7 nitrogen and oxygen atoms in total. The summed E-state index contributed by atoms with van der Waals surface area (Å²) in [7, 11) is -3.71. The SMILES string of the molecule is C=CCNS(=O)(=O)c1ccc(C(=O)O[C@@H](C)C(=O)Nc2ccccc2F)cc1. The van der Waals surface area contributed by atoms with Crippen LogP contribution in [0.15, 0.2) is 66.1 Å². The van der Waals surface area contributed by atoms with Crippen LogP contribution in [0.5, 0.6) is 0 Å². The third-order valence-electron chi connectivity index (χ3n) is 3.60. The number of sulfonamides is 1. The standard InChI is InChI=1S/C19H19FN2O5S/c1-3-12-21-28(25,26)15-10-8-14(9-11-15)19(24)27-13(2)18(23)22-17-7-5-4-6-16(17)20/h3-11,13,21H,1,12H2,2H3,(H,22,23)/t13-/m0/s1. The van der Waals surface area contributed by atoms with Crippen molar-refractivity contribution in [3.63, 3.8) is 0 Å². The van der Waals surface area contributed by atoms with E-state index in [2.05, 4.69) is 16.6 Å². The summed E-state index contributed by atoms with van der Waals surface area (Å²) in [4.78, 5) is 24.2. The van der Waals surface area contributed by atoms with Gasteiger partial charge in [0.25, 0.3) is 5.91 Å². The smallest absolute Gasteiger partial charge is 0.338 e. The molecule has 0 aliphatic rings. The van der Waals surface area contributed by atoms with E-state index in [1.165, 1.54) is 55.5 Å². The third kappa shape index (κ3) is 5.48. The molecule has 0 saturated heterocycles. The van der Waals surface area contributed by atoms with Gasteiger partial charge in [0.05, 0.1) is 16.1 Å². The van der Waals surface area contributed by atoms with E-state index in [0.717, 1.165) is 0 Å². The van der Waals surface area contributed by atoms with E-state index in [-0.39, 0.29) is 22.7 Å². The van der Waals surface area contributed by atoms with E-state index in [1.54, 1.807) is 6.07 Å². The maximum atomic E-state index is 13.6. The fraction of sp³-hybridized carbons (Fsp3) is 0.158. The summed E-state index contributed by atoms with van der Waals surface area (Å²) in [6, 6.07) is 10.6. The molecule has 0 aliphatic heterocycles. The molecule has 2 aromatic rings. The van der Waals surface area contributed by atoms with Gasteiger partial charge in [-0.2, -0.15) is 0 Å². The fourth-order valence-corrected chi connectivity index (χ4v) is 3.10. The maximum absolute atomic E-state index is 13.6. The first kappa shape index (κ1) is 21.3. The highest BCUT2D eigenvalue weighted by Crippen LogP contribution is 2.15. The van der Waals surface area contributed by atoms with Gasteiger partial charge < -0.3 is 10.1 Å². The second kappa shape index (κ2) is 9.25. The fourth-order valence-electron chi connectivity index (χ4n) is 2.10. The van der Waals surface area contributed by atoms with Crippen LogP contribution in [0.1, 0.15) is 17.3 Å². The molecule has 1 amide bonds. The van der Waals surface area contributed by atoms with Gasteiger partial charge in [0.15, 0.2) is 6.10 Å². The van der Waals surface area contributed by atoms with Crippen LogP contribution in [0.2, 0.25) is 0 Å². The monoisotopic (exact) mass is 406 g/mol.